The average Bonchev–Trinajstić information content (AvgIpc) is 3.19. The van der Waals surface area contributed by atoms with Crippen molar-refractivity contribution in [3.8, 4) is 0 Å². The van der Waals surface area contributed by atoms with E-state index in [0.29, 0.717) is 0 Å². The number of aliphatic hydroxyl groups excluding tert-OH is 1. The summed E-state index contributed by atoms with van der Waals surface area (Å²) in [5, 5.41) is 14.4. The van der Waals surface area contributed by atoms with Gasteiger partial charge in [0.25, 0.3) is 0 Å². The molecule has 3 heteroatoms. The summed E-state index contributed by atoms with van der Waals surface area (Å²) in [5.41, 5.74) is 0.268. The molecular weight excluding hydrogens is 226 g/mol. The van der Waals surface area contributed by atoms with E-state index >= 15 is 0 Å². The summed E-state index contributed by atoms with van der Waals surface area (Å²) in [7, 11) is 0. The second-order valence-electron chi connectivity index (χ2n) is 4.95. The summed E-state index contributed by atoms with van der Waals surface area (Å²) < 4.78 is 0. The molecule has 3 nitrogen and oxygen atoms in total. The lowest BCUT2D eigenvalue weighted by molar-refractivity contribution is -0.122. The van der Waals surface area contributed by atoms with Gasteiger partial charge in [0.2, 0.25) is 5.91 Å². The smallest absolute Gasteiger partial charge is 0.232 e. The SMILES string of the molecule is O=C(Nc1ccc2ccccc2c1)C1(CO)CC1. The predicted octanol–water partition coefficient (Wildman–Crippen LogP) is 2.55. The zero-order chi connectivity index (χ0) is 12.6. The van der Waals surface area contributed by atoms with Gasteiger partial charge in [-0.05, 0) is 35.7 Å². The van der Waals surface area contributed by atoms with Crippen LogP contribution in [-0.4, -0.2) is 17.6 Å². The van der Waals surface area contributed by atoms with Crippen molar-refractivity contribution in [1.82, 2.24) is 0 Å². The third-order valence-corrected chi connectivity index (χ3v) is 3.65. The number of benzene rings is 2. The molecule has 92 valence electrons. The van der Waals surface area contributed by atoms with Crippen LogP contribution in [0.4, 0.5) is 5.69 Å². The van der Waals surface area contributed by atoms with Crippen LogP contribution in [0.25, 0.3) is 10.8 Å². The fraction of sp³-hybridized carbons (Fsp3) is 0.267. The minimum atomic E-state index is -0.522. The third kappa shape index (κ3) is 1.87. The van der Waals surface area contributed by atoms with Crippen LogP contribution in [0.15, 0.2) is 42.5 Å². The highest BCUT2D eigenvalue weighted by molar-refractivity contribution is 5.99. The molecule has 1 fully saturated rings. The number of carbonyl (C=O) groups excluding carboxylic acids is 1. The molecule has 3 rings (SSSR count). The standard InChI is InChI=1S/C15H15NO2/c17-10-15(7-8-15)14(18)16-13-6-5-11-3-1-2-4-12(11)9-13/h1-6,9,17H,7-8,10H2,(H,16,18). The zero-order valence-corrected chi connectivity index (χ0v) is 10.0. The first kappa shape index (κ1) is 11.2. The van der Waals surface area contributed by atoms with Gasteiger partial charge < -0.3 is 10.4 Å². The molecule has 2 aromatic carbocycles. The molecule has 0 saturated heterocycles. The highest BCUT2D eigenvalue weighted by Gasteiger charge is 2.49. The Bertz CT molecular complexity index is 602. The molecule has 18 heavy (non-hydrogen) atoms. The minimum absolute atomic E-state index is 0.0631. The van der Waals surface area contributed by atoms with Crippen LogP contribution in [-0.2, 0) is 4.79 Å². The Balaban J connectivity index is 1.85. The van der Waals surface area contributed by atoms with Gasteiger partial charge >= 0.3 is 0 Å². The zero-order valence-electron chi connectivity index (χ0n) is 10.0. The number of aliphatic hydroxyl groups is 1. The molecule has 0 radical (unpaired) electrons. The number of hydrogen-bond donors (Lipinski definition) is 2. The summed E-state index contributed by atoms with van der Waals surface area (Å²) in [5.74, 6) is -0.0692. The Hall–Kier alpha value is -1.87. The van der Waals surface area contributed by atoms with E-state index < -0.39 is 5.41 Å². The largest absolute Gasteiger partial charge is 0.395 e. The van der Waals surface area contributed by atoms with Crippen molar-refractivity contribution >= 4 is 22.4 Å². The number of rotatable bonds is 3. The van der Waals surface area contributed by atoms with E-state index in [4.69, 9.17) is 0 Å². The fourth-order valence-electron chi connectivity index (χ4n) is 2.14. The van der Waals surface area contributed by atoms with Gasteiger partial charge in [0.1, 0.15) is 0 Å². The number of nitrogens with one attached hydrogen (secondary N) is 1. The maximum atomic E-state index is 12.0. The Morgan fingerprint density at radius 1 is 1.17 bits per heavy atom. The van der Waals surface area contributed by atoms with Gasteiger partial charge in [-0.15, -0.1) is 0 Å². The molecule has 2 aromatic rings. The molecule has 0 aliphatic heterocycles. The second kappa shape index (κ2) is 4.10. The Labute approximate surface area is 105 Å². The quantitative estimate of drug-likeness (QED) is 0.867. The van der Waals surface area contributed by atoms with E-state index in [1.54, 1.807) is 0 Å². The fourth-order valence-corrected chi connectivity index (χ4v) is 2.14. The van der Waals surface area contributed by atoms with Crippen LogP contribution in [0.5, 0.6) is 0 Å². The summed E-state index contributed by atoms with van der Waals surface area (Å²) in [6, 6.07) is 13.9. The molecule has 0 spiro atoms. The molecule has 1 aliphatic carbocycles. The first-order chi connectivity index (χ1) is 8.73. The minimum Gasteiger partial charge on any atom is -0.395 e. The first-order valence-corrected chi connectivity index (χ1v) is 6.15. The Morgan fingerprint density at radius 3 is 2.56 bits per heavy atom. The monoisotopic (exact) mass is 241 g/mol. The van der Waals surface area contributed by atoms with Crippen molar-refractivity contribution in [3.63, 3.8) is 0 Å². The average molecular weight is 241 g/mol. The van der Waals surface area contributed by atoms with Crippen LogP contribution in [0.2, 0.25) is 0 Å². The Kier molecular flexibility index (Phi) is 2.56. The van der Waals surface area contributed by atoms with Crippen molar-refractivity contribution in [1.29, 1.82) is 0 Å². The number of carbonyl (C=O) groups is 1. The van der Waals surface area contributed by atoms with Gasteiger partial charge in [-0.2, -0.15) is 0 Å². The van der Waals surface area contributed by atoms with Crippen LogP contribution in [0.1, 0.15) is 12.8 Å². The highest BCUT2D eigenvalue weighted by Crippen LogP contribution is 2.45. The second-order valence-corrected chi connectivity index (χ2v) is 4.95. The normalized spacial score (nSPS) is 16.5. The van der Waals surface area contributed by atoms with Gasteiger partial charge in [0.15, 0.2) is 0 Å². The molecule has 0 bridgehead atoms. The number of hydrogen-bond acceptors (Lipinski definition) is 2. The van der Waals surface area contributed by atoms with Gasteiger partial charge in [-0.3, -0.25) is 4.79 Å². The van der Waals surface area contributed by atoms with Crippen LogP contribution < -0.4 is 5.32 Å². The van der Waals surface area contributed by atoms with Gasteiger partial charge in [0.05, 0.1) is 12.0 Å². The lowest BCUT2D eigenvalue weighted by Crippen LogP contribution is -2.27. The van der Waals surface area contributed by atoms with Gasteiger partial charge in [0, 0.05) is 5.69 Å². The summed E-state index contributed by atoms with van der Waals surface area (Å²) >= 11 is 0. The maximum absolute atomic E-state index is 12.0. The van der Waals surface area contributed by atoms with Crippen LogP contribution in [0.3, 0.4) is 0 Å². The lowest BCUT2D eigenvalue weighted by Gasteiger charge is -2.12. The molecule has 0 unspecified atom stereocenters. The van der Waals surface area contributed by atoms with Crippen LogP contribution >= 0.6 is 0 Å². The molecule has 2 N–H and O–H groups in total. The van der Waals surface area contributed by atoms with Gasteiger partial charge in [-0.25, -0.2) is 0 Å². The summed E-state index contributed by atoms with van der Waals surface area (Å²) in [6.07, 6.45) is 1.56. The highest BCUT2D eigenvalue weighted by atomic mass is 16.3. The van der Waals surface area contributed by atoms with Crippen molar-refractivity contribution in [2.24, 2.45) is 5.41 Å². The van der Waals surface area contributed by atoms with Crippen molar-refractivity contribution in [3.05, 3.63) is 42.5 Å². The first-order valence-electron chi connectivity index (χ1n) is 6.15. The molecule has 1 saturated carbocycles. The maximum Gasteiger partial charge on any atom is 0.232 e. The number of anilines is 1. The third-order valence-electron chi connectivity index (χ3n) is 3.65. The van der Waals surface area contributed by atoms with E-state index in [0.717, 1.165) is 29.3 Å². The lowest BCUT2D eigenvalue weighted by atomic mass is 10.1. The summed E-state index contributed by atoms with van der Waals surface area (Å²) in [6.45, 7) is -0.0631. The van der Waals surface area contributed by atoms with Crippen molar-refractivity contribution in [2.75, 3.05) is 11.9 Å². The van der Waals surface area contributed by atoms with Crippen LogP contribution in [0, 0.1) is 5.41 Å². The van der Waals surface area contributed by atoms with Gasteiger partial charge in [-0.1, -0.05) is 30.3 Å². The molecule has 0 atom stereocenters. The van der Waals surface area contributed by atoms with E-state index in [-0.39, 0.29) is 12.5 Å². The number of fused-ring (bicyclic) bond motifs is 1. The van der Waals surface area contributed by atoms with E-state index in [1.165, 1.54) is 0 Å². The predicted molar refractivity (Wildman–Crippen MR) is 71.3 cm³/mol. The number of amides is 1. The van der Waals surface area contributed by atoms with E-state index in [1.807, 2.05) is 42.5 Å². The van der Waals surface area contributed by atoms with Crippen molar-refractivity contribution < 1.29 is 9.90 Å². The molecular formula is C15H15NO2. The molecule has 1 amide bonds. The molecule has 0 heterocycles. The Morgan fingerprint density at radius 2 is 1.89 bits per heavy atom. The van der Waals surface area contributed by atoms with Crippen molar-refractivity contribution in [2.45, 2.75) is 12.8 Å². The molecule has 0 aromatic heterocycles. The van der Waals surface area contributed by atoms with E-state index in [2.05, 4.69) is 5.32 Å². The molecule has 1 aliphatic rings. The topological polar surface area (TPSA) is 49.3 Å². The summed E-state index contributed by atoms with van der Waals surface area (Å²) in [4.78, 5) is 12.0. The van der Waals surface area contributed by atoms with E-state index in [9.17, 15) is 9.90 Å².